The van der Waals surface area contributed by atoms with Crippen molar-refractivity contribution in [3.8, 4) is 16.9 Å². The van der Waals surface area contributed by atoms with Crippen LogP contribution in [0.1, 0.15) is 13.0 Å². The maximum Gasteiger partial charge on any atom is 0.267 e. The third kappa shape index (κ3) is 3.84. The van der Waals surface area contributed by atoms with Gasteiger partial charge in [0.15, 0.2) is 5.82 Å². The fourth-order valence-corrected chi connectivity index (χ4v) is 3.03. The molecule has 0 saturated heterocycles. The number of hydrogen-bond acceptors (Lipinski definition) is 4. The molecule has 144 valence electrons. The first kappa shape index (κ1) is 18.4. The van der Waals surface area contributed by atoms with Crippen molar-refractivity contribution in [2.45, 2.75) is 13.0 Å². The Kier molecular flexibility index (Phi) is 5.03. The van der Waals surface area contributed by atoms with Crippen LogP contribution in [0.2, 0.25) is 0 Å². The first-order valence-electron chi connectivity index (χ1n) is 9.19. The molecule has 1 amide bonds. The molecule has 0 bridgehead atoms. The second kappa shape index (κ2) is 7.93. The average Bonchev–Trinajstić information content (AvgIpc) is 3.29. The van der Waals surface area contributed by atoms with E-state index in [-0.39, 0.29) is 11.5 Å². The first-order chi connectivity index (χ1) is 14.1. The SMILES string of the molecule is CC(C(=O)Nc1ccccc1-c1ccccc1)n1nc(-n2cccn2)ccc1=O. The second-order valence-corrected chi connectivity index (χ2v) is 6.50. The zero-order valence-corrected chi connectivity index (χ0v) is 15.8. The van der Waals surface area contributed by atoms with Crippen LogP contribution in [0.4, 0.5) is 5.69 Å². The number of amides is 1. The van der Waals surface area contributed by atoms with Crippen molar-refractivity contribution >= 4 is 11.6 Å². The smallest absolute Gasteiger partial charge is 0.267 e. The van der Waals surface area contributed by atoms with Crippen LogP contribution in [0.3, 0.4) is 0 Å². The number of rotatable bonds is 5. The Labute approximate surface area is 167 Å². The zero-order valence-electron chi connectivity index (χ0n) is 15.8. The Balaban J connectivity index is 1.62. The molecule has 0 saturated carbocycles. The van der Waals surface area contributed by atoms with Gasteiger partial charge in [-0.2, -0.15) is 5.10 Å². The normalized spacial score (nSPS) is 11.8. The van der Waals surface area contributed by atoms with Gasteiger partial charge < -0.3 is 5.32 Å². The highest BCUT2D eigenvalue weighted by Gasteiger charge is 2.19. The van der Waals surface area contributed by atoms with Crippen molar-refractivity contribution in [2.24, 2.45) is 0 Å². The summed E-state index contributed by atoms with van der Waals surface area (Å²) < 4.78 is 2.70. The first-order valence-corrected chi connectivity index (χ1v) is 9.19. The molecule has 1 N–H and O–H groups in total. The van der Waals surface area contributed by atoms with Gasteiger partial charge in [0.25, 0.3) is 5.56 Å². The summed E-state index contributed by atoms with van der Waals surface area (Å²) in [7, 11) is 0. The van der Waals surface area contributed by atoms with Crippen molar-refractivity contribution in [3.63, 3.8) is 0 Å². The number of anilines is 1. The maximum atomic E-state index is 12.9. The fraction of sp³-hybridized carbons (Fsp3) is 0.0909. The van der Waals surface area contributed by atoms with E-state index in [1.165, 1.54) is 10.7 Å². The minimum atomic E-state index is -0.804. The fourth-order valence-electron chi connectivity index (χ4n) is 3.03. The van der Waals surface area contributed by atoms with E-state index in [1.807, 2.05) is 54.6 Å². The minimum Gasteiger partial charge on any atom is -0.324 e. The van der Waals surface area contributed by atoms with E-state index in [2.05, 4.69) is 15.5 Å². The van der Waals surface area contributed by atoms with Gasteiger partial charge in [0.05, 0.1) is 0 Å². The van der Waals surface area contributed by atoms with Gasteiger partial charge in [-0.25, -0.2) is 9.36 Å². The van der Waals surface area contributed by atoms with E-state index in [9.17, 15) is 9.59 Å². The van der Waals surface area contributed by atoms with Gasteiger partial charge in [-0.15, -0.1) is 5.10 Å². The number of nitrogens with one attached hydrogen (secondary N) is 1. The molecule has 0 spiro atoms. The molecule has 4 rings (SSSR count). The Bertz CT molecular complexity index is 1180. The molecule has 29 heavy (non-hydrogen) atoms. The van der Waals surface area contributed by atoms with Crippen LogP contribution in [-0.2, 0) is 4.79 Å². The average molecular weight is 385 g/mol. The van der Waals surface area contributed by atoms with Crippen molar-refractivity contribution in [1.82, 2.24) is 19.6 Å². The molecule has 1 unspecified atom stereocenters. The van der Waals surface area contributed by atoms with Gasteiger partial charge in [0.2, 0.25) is 5.91 Å². The lowest BCUT2D eigenvalue weighted by molar-refractivity contribution is -0.119. The third-order valence-electron chi connectivity index (χ3n) is 4.57. The van der Waals surface area contributed by atoms with Gasteiger partial charge in [0, 0.05) is 29.7 Å². The second-order valence-electron chi connectivity index (χ2n) is 6.50. The lowest BCUT2D eigenvalue weighted by Crippen LogP contribution is -2.33. The van der Waals surface area contributed by atoms with Crippen LogP contribution in [0.15, 0.2) is 90.0 Å². The molecule has 2 aromatic heterocycles. The molecule has 0 aliphatic rings. The van der Waals surface area contributed by atoms with Gasteiger partial charge >= 0.3 is 0 Å². The standard InChI is InChI=1S/C22H19N5O2/c1-16(27-21(28)13-12-20(25-27)26-15-7-14-23-26)22(29)24-19-11-6-5-10-18(19)17-8-3-2-4-9-17/h2-16H,1H3,(H,24,29). The summed E-state index contributed by atoms with van der Waals surface area (Å²) in [5.74, 6) is 0.125. The van der Waals surface area contributed by atoms with E-state index < -0.39 is 6.04 Å². The van der Waals surface area contributed by atoms with E-state index in [0.29, 0.717) is 11.5 Å². The molecule has 0 aliphatic heterocycles. The molecule has 1 atom stereocenters. The summed E-state index contributed by atoms with van der Waals surface area (Å²) in [6, 6.07) is 21.3. The van der Waals surface area contributed by atoms with Crippen molar-refractivity contribution in [1.29, 1.82) is 0 Å². The minimum absolute atomic E-state index is 0.333. The Morgan fingerprint density at radius 3 is 2.48 bits per heavy atom. The number of benzene rings is 2. The third-order valence-corrected chi connectivity index (χ3v) is 4.57. The molecule has 7 nitrogen and oxygen atoms in total. The monoisotopic (exact) mass is 385 g/mol. The van der Waals surface area contributed by atoms with E-state index in [1.54, 1.807) is 31.5 Å². The van der Waals surface area contributed by atoms with Crippen LogP contribution >= 0.6 is 0 Å². The molecule has 2 heterocycles. The van der Waals surface area contributed by atoms with Gasteiger partial charge in [-0.1, -0.05) is 48.5 Å². The summed E-state index contributed by atoms with van der Waals surface area (Å²) >= 11 is 0. The van der Waals surface area contributed by atoms with Gasteiger partial charge in [-0.05, 0) is 30.7 Å². The quantitative estimate of drug-likeness (QED) is 0.571. The Hall–Kier alpha value is -4.00. The summed E-state index contributed by atoms with van der Waals surface area (Å²) in [5.41, 5.74) is 2.21. The predicted octanol–water partition coefficient (Wildman–Crippen LogP) is 3.30. The summed E-state index contributed by atoms with van der Waals surface area (Å²) in [4.78, 5) is 25.2. The van der Waals surface area contributed by atoms with Crippen molar-refractivity contribution in [2.75, 3.05) is 5.32 Å². The summed E-state index contributed by atoms with van der Waals surface area (Å²) in [5, 5.41) is 11.3. The van der Waals surface area contributed by atoms with Crippen molar-refractivity contribution < 1.29 is 4.79 Å². The predicted molar refractivity (Wildman–Crippen MR) is 111 cm³/mol. The number of hydrogen-bond donors (Lipinski definition) is 1. The molecule has 0 aliphatic carbocycles. The van der Waals surface area contributed by atoms with Crippen LogP contribution in [-0.4, -0.2) is 25.5 Å². The Morgan fingerprint density at radius 1 is 0.966 bits per heavy atom. The number of carbonyl (C=O) groups is 1. The highest BCUT2D eigenvalue weighted by atomic mass is 16.2. The number of aromatic nitrogens is 4. The summed E-state index contributed by atoms with van der Waals surface area (Å²) in [6.45, 7) is 1.64. The molecule has 2 aromatic carbocycles. The van der Waals surface area contributed by atoms with Crippen LogP contribution in [0, 0.1) is 0 Å². The van der Waals surface area contributed by atoms with Crippen molar-refractivity contribution in [3.05, 3.63) is 95.5 Å². The van der Waals surface area contributed by atoms with Crippen LogP contribution < -0.4 is 10.9 Å². The zero-order chi connectivity index (χ0) is 20.2. The highest BCUT2D eigenvalue weighted by molar-refractivity contribution is 5.97. The molecular weight excluding hydrogens is 366 g/mol. The topological polar surface area (TPSA) is 81.8 Å². The van der Waals surface area contributed by atoms with E-state index >= 15 is 0 Å². The lowest BCUT2D eigenvalue weighted by Gasteiger charge is -2.17. The van der Waals surface area contributed by atoms with E-state index in [0.717, 1.165) is 15.8 Å². The van der Waals surface area contributed by atoms with E-state index in [4.69, 9.17) is 0 Å². The molecular formula is C22H19N5O2. The van der Waals surface area contributed by atoms with Gasteiger partial charge in [0.1, 0.15) is 6.04 Å². The van der Waals surface area contributed by atoms with Crippen LogP contribution in [0.5, 0.6) is 0 Å². The number of carbonyl (C=O) groups excluding carboxylic acids is 1. The summed E-state index contributed by atoms with van der Waals surface area (Å²) in [6.07, 6.45) is 3.34. The largest absolute Gasteiger partial charge is 0.324 e. The van der Waals surface area contributed by atoms with Gasteiger partial charge in [-0.3, -0.25) is 9.59 Å². The number of para-hydroxylation sites is 1. The maximum absolute atomic E-state index is 12.9. The Morgan fingerprint density at radius 2 is 1.72 bits per heavy atom. The lowest BCUT2D eigenvalue weighted by atomic mass is 10.0. The molecule has 0 radical (unpaired) electrons. The molecule has 4 aromatic rings. The van der Waals surface area contributed by atoms with Crippen LogP contribution in [0.25, 0.3) is 16.9 Å². The molecule has 0 fully saturated rings. The molecule has 7 heteroatoms. The highest BCUT2D eigenvalue weighted by Crippen LogP contribution is 2.28. The number of nitrogens with zero attached hydrogens (tertiary/aromatic N) is 4.